The zero-order valence-electron chi connectivity index (χ0n) is 13.3. The van der Waals surface area contributed by atoms with Gasteiger partial charge in [-0.1, -0.05) is 12.1 Å². The van der Waals surface area contributed by atoms with Gasteiger partial charge >= 0.3 is 0 Å². The fraction of sp³-hybridized carbons (Fsp3) is 0.235. The lowest BCUT2D eigenvalue weighted by atomic mass is 10.1. The summed E-state index contributed by atoms with van der Waals surface area (Å²) in [5.74, 6) is -1.13. The van der Waals surface area contributed by atoms with E-state index in [-0.39, 0.29) is 24.4 Å². The zero-order valence-corrected chi connectivity index (χ0v) is 13.3. The van der Waals surface area contributed by atoms with Crippen molar-refractivity contribution in [3.05, 3.63) is 63.3 Å². The molecule has 24 heavy (non-hydrogen) atoms. The molecule has 0 spiro atoms. The number of hydrogen-bond donors (Lipinski definition) is 1. The van der Waals surface area contributed by atoms with Crippen molar-refractivity contribution >= 4 is 11.6 Å². The molecule has 6 nitrogen and oxygen atoms in total. The number of aromatic nitrogens is 1. The Balaban J connectivity index is 2.30. The van der Waals surface area contributed by atoms with Crippen LogP contribution in [0.1, 0.15) is 16.8 Å². The Morgan fingerprint density at radius 1 is 1.42 bits per heavy atom. The van der Waals surface area contributed by atoms with Gasteiger partial charge in [0.05, 0.1) is 12.3 Å². The SMILES string of the molecule is COCc1cc(C)n(CC(=O)Nc2ccccc2F)c(=O)c1C#N. The lowest BCUT2D eigenvalue weighted by molar-refractivity contribution is -0.116. The fourth-order valence-corrected chi connectivity index (χ4v) is 2.32. The number of para-hydroxylation sites is 1. The van der Waals surface area contributed by atoms with Crippen LogP contribution in [-0.2, 0) is 22.7 Å². The van der Waals surface area contributed by atoms with Crippen LogP contribution in [0.5, 0.6) is 0 Å². The molecule has 0 fully saturated rings. The van der Waals surface area contributed by atoms with Crippen molar-refractivity contribution in [1.29, 1.82) is 5.26 Å². The number of anilines is 1. The molecule has 2 aromatic rings. The van der Waals surface area contributed by atoms with Crippen LogP contribution in [0.25, 0.3) is 0 Å². The summed E-state index contributed by atoms with van der Waals surface area (Å²) in [5.41, 5.74) is 0.363. The Bertz CT molecular complexity index is 868. The summed E-state index contributed by atoms with van der Waals surface area (Å²) in [6.45, 7) is 1.46. The highest BCUT2D eigenvalue weighted by Gasteiger charge is 2.15. The molecule has 0 radical (unpaired) electrons. The van der Waals surface area contributed by atoms with Crippen molar-refractivity contribution in [3.8, 4) is 6.07 Å². The first kappa shape index (κ1) is 17.4. The Hall–Kier alpha value is -2.98. The van der Waals surface area contributed by atoms with Crippen LogP contribution in [0, 0.1) is 24.1 Å². The number of amides is 1. The topological polar surface area (TPSA) is 84.1 Å². The molecule has 0 aliphatic rings. The van der Waals surface area contributed by atoms with Gasteiger partial charge in [0.2, 0.25) is 5.91 Å². The van der Waals surface area contributed by atoms with Crippen molar-refractivity contribution in [2.24, 2.45) is 0 Å². The maximum Gasteiger partial charge on any atom is 0.269 e. The molecule has 0 saturated heterocycles. The second-order valence-corrected chi connectivity index (χ2v) is 5.15. The number of nitriles is 1. The number of aryl methyl sites for hydroxylation is 1. The number of halogens is 1. The molecule has 0 unspecified atom stereocenters. The minimum atomic E-state index is -0.576. The minimum absolute atomic E-state index is 0.0321. The van der Waals surface area contributed by atoms with Gasteiger partial charge in [-0.25, -0.2) is 4.39 Å². The van der Waals surface area contributed by atoms with Crippen molar-refractivity contribution in [2.75, 3.05) is 12.4 Å². The van der Waals surface area contributed by atoms with E-state index in [0.717, 1.165) is 0 Å². The van der Waals surface area contributed by atoms with Crippen LogP contribution in [0.4, 0.5) is 10.1 Å². The van der Waals surface area contributed by atoms with Crippen LogP contribution in [0.15, 0.2) is 35.1 Å². The van der Waals surface area contributed by atoms with Gasteiger partial charge in [-0.05, 0) is 25.1 Å². The minimum Gasteiger partial charge on any atom is -0.380 e. The molecule has 0 atom stereocenters. The molecule has 1 aromatic heterocycles. The van der Waals surface area contributed by atoms with E-state index in [0.29, 0.717) is 11.3 Å². The van der Waals surface area contributed by atoms with Gasteiger partial charge in [0, 0.05) is 18.4 Å². The molecule has 0 bridgehead atoms. The molecule has 2 rings (SSSR count). The lowest BCUT2D eigenvalue weighted by Crippen LogP contribution is -2.31. The monoisotopic (exact) mass is 329 g/mol. The molecular formula is C17H16FN3O3. The predicted octanol–water partition coefficient (Wildman–Crippen LogP) is 1.95. The Morgan fingerprint density at radius 2 is 2.12 bits per heavy atom. The molecule has 0 saturated carbocycles. The number of benzene rings is 1. The highest BCUT2D eigenvalue weighted by molar-refractivity contribution is 5.90. The van der Waals surface area contributed by atoms with E-state index in [2.05, 4.69) is 5.32 Å². The van der Waals surface area contributed by atoms with E-state index in [4.69, 9.17) is 4.74 Å². The quantitative estimate of drug-likeness (QED) is 0.909. The predicted molar refractivity (Wildman–Crippen MR) is 85.9 cm³/mol. The van der Waals surface area contributed by atoms with E-state index in [1.54, 1.807) is 19.1 Å². The Labute approximate surface area is 138 Å². The molecule has 7 heteroatoms. The summed E-state index contributed by atoms with van der Waals surface area (Å²) in [5, 5.41) is 11.6. The number of pyridine rings is 1. The van der Waals surface area contributed by atoms with Crippen molar-refractivity contribution in [1.82, 2.24) is 4.57 Å². The van der Waals surface area contributed by atoms with Gasteiger partial charge in [-0.15, -0.1) is 0 Å². The number of nitrogens with one attached hydrogen (secondary N) is 1. The molecule has 1 amide bonds. The van der Waals surface area contributed by atoms with Crippen LogP contribution in [-0.4, -0.2) is 17.6 Å². The highest BCUT2D eigenvalue weighted by Crippen LogP contribution is 2.13. The maximum atomic E-state index is 13.6. The first-order valence-electron chi connectivity index (χ1n) is 7.14. The Morgan fingerprint density at radius 3 is 2.75 bits per heavy atom. The summed E-state index contributed by atoms with van der Waals surface area (Å²) in [7, 11) is 1.46. The molecule has 0 aliphatic carbocycles. The van der Waals surface area contributed by atoms with Crippen molar-refractivity contribution in [3.63, 3.8) is 0 Å². The summed E-state index contributed by atoms with van der Waals surface area (Å²) in [6.07, 6.45) is 0. The average Bonchev–Trinajstić information content (AvgIpc) is 2.54. The second-order valence-electron chi connectivity index (χ2n) is 5.15. The number of carbonyl (C=O) groups excluding carboxylic acids is 1. The third-order valence-electron chi connectivity index (χ3n) is 3.45. The van der Waals surface area contributed by atoms with E-state index in [1.165, 1.54) is 29.9 Å². The zero-order chi connectivity index (χ0) is 17.7. The van der Waals surface area contributed by atoms with Crippen LogP contribution in [0.2, 0.25) is 0 Å². The van der Waals surface area contributed by atoms with Gasteiger partial charge in [0.25, 0.3) is 5.56 Å². The smallest absolute Gasteiger partial charge is 0.269 e. The van der Waals surface area contributed by atoms with Gasteiger partial charge < -0.3 is 14.6 Å². The van der Waals surface area contributed by atoms with Gasteiger partial charge in [-0.2, -0.15) is 5.26 Å². The fourth-order valence-electron chi connectivity index (χ4n) is 2.32. The summed E-state index contributed by atoms with van der Waals surface area (Å²) in [4.78, 5) is 24.5. The molecule has 1 N–H and O–H groups in total. The van der Waals surface area contributed by atoms with Gasteiger partial charge in [0.1, 0.15) is 24.0 Å². The van der Waals surface area contributed by atoms with Gasteiger partial charge in [0.15, 0.2) is 0 Å². The van der Waals surface area contributed by atoms with Crippen LogP contribution in [0.3, 0.4) is 0 Å². The van der Waals surface area contributed by atoms with E-state index in [9.17, 15) is 19.2 Å². The van der Waals surface area contributed by atoms with E-state index >= 15 is 0 Å². The number of rotatable bonds is 5. The maximum absolute atomic E-state index is 13.6. The number of hydrogen-bond acceptors (Lipinski definition) is 4. The summed E-state index contributed by atoms with van der Waals surface area (Å²) >= 11 is 0. The molecule has 124 valence electrons. The van der Waals surface area contributed by atoms with Crippen LogP contribution < -0.4 is 10.9 Å². The Kier molecular flexibility index (Phi) is 5.45. The highest BCUT2D eigenvalue weighted by atomic mass is 19.1. The van der Waals surface area contributed by atoms with E-state index < -0.39 is 17.3 Å². The third kappa shape index (κ3) is 3.67. The number of carbonyl (C=O) groups is 1. The van der Waals surface area contributed by atoms with E-state index in [1.807, 2.05) is 6.07 Å². The standard InChI is InChI=1S/C17H16FN3O3/c1-11-7-12(10-24-2)13(8-19)17(23)21(11)9-16(22)20-15-6-4-3-5-14(15)18/h3-7H,9-10H2,1-2H3,(H,20,22). The van der Waals surface area contributed by atoms with Crippen molar-refractivity contribution < 1.29 is 13.9 Å². The summed E-state index contributed by atoms with van der Waals surface area (Å²) in [6, 6.07) is 9.21. The average molecular weight is 329 g/mol. The second kappa shape index (κ2) is 7.53. The molecule has 1 aromatic carbocycles. The molecule has 0 aliphatic heterocycles. The number of ether oxygens (including phenoxy) is 1. The summed E-state index contributed by atoms with van der Waals surface area (Å²) < 4.78 is 19.7. The first-order valence-corrected chi connectivity index (χ1v) is 7.14. The normalized spacial score (nSPS) is 10.2. The number of methoxy groups -OCH3 is 1. The molecule has 1 heterocycles. The largest absolute Gasteiger partial charge is 0.380 e. The third-order valence-corrected chi connectivity index (χ3v) is 3.45. The first-order chi connectivity index (χ1) is 11.5. The van der Waals surface area contributed by atoms with Crippen molar-refractivity contribution in [2.45, 2.75) is 20.1 Å². The lowest BCUT2D eigenvalue weighted by Gasteiger charge is -2.13. The van der Waals surface area contributed by atoms with Crippen LogP contribution >= 0.6 is 0 Å². The molecular weight excluding hydrogens is 313 g/mol. The number of nitrogens with zero attached hydrogens (tertiary/aromatic N) is 2. The van der Waals surface area contributed by atoms with Gasteiger partial charge in [-0.3, -0.25) is 9.59 Å².